The first-order valence-electron chi connectivity index (χ1n) is 13.5. The molecule has 4 N–H and O–H groups in total. The van der Waals surface area contributed by atoms with Crippen LogP contribution in [0.3, 0.4) is 0 Å². The highest BCUT2D eigenvalue weighted by Crippen LogP contribution is 2.24. The van der Waals surface area contributed by atoms with Crippen LogP contribution in [0.1, 0.15) is 116 Å². The van der Waals surface area contributed by atoms with Gasteiger partial charge in [0.25, 0.3) is 0 Å². The quantitative estimate of drug-likeness (QED) is 0.138. The van der Waals surface area contributed by atoms with Gasteiger partial charge in [-0.3, -0.25) is 4.79 Å². The fourth-order valence-electron chi connectivity index (χ4n) is 4.26. The molecule has 0 bridgehead atoms. The molecule has 0 saturated carbocycles. The average molecular weight is 475 g/mol. The van der Waals surface area contributed by atoms with Crippen LogP contribution in [0.15, 0.2) is 0 Å². The first kappa shape index (κ1) is 30.3. The maximum absolute atomic E-state index is 12.2. The van der Waals surface area contributed by atoms with Crippen molar-refractivity contribution in [3.05, 3.63) is 0 Å². The van der Waals surface area contributed by atoms with Crippen LogP contribution in [-0.4, -0.2) is 70.1 Å². The second kappa shape index (κ2) is 19.6. The van der Waals surface area contributed by atoms with E-state index in [-0.39, 0.29) is 6.42 Å². The van der Waals surface area contributed by atoms with Gasteiger partial charge in [0, 0.05) is 19.4 Å². The van der Waals surface area contributed by atoms with Crippen LogP contribution in [0.4, 0.5) is 0 Å². The third-order valence-corrected chi connectivity index (χ3v) is 6.62. The number of rotatable bonds is 22. The highest BCUT2D eigenvalue weighted by atomic mass is 16.6. The second-order valence-electron chi connectivity index (χ2n) is 9.58. The average Bonchev–Trinajstić information content (AvgIpc) is 2.78. The van der Waals surface area contributed by atoms with Crippen LogP contribution in [0, 0.1) is 0 Å². The van der Waals surface area contributed by atoms with Crippen LogP contribution in [0.5, 0.6) is 0 Å². The molecule has 0 aromatic rings. The maximum atomic E-state index is 12.2. The Balaban J connectivity index is 2.04. The molecule has 1 aliphatic heterocycles. The zero-order chi connectivity index (χ0) is 24.3. The van der Waals surface area contributed by atoms with Gasteiger partial charge < -0.3 is 29.9 Å². The fourth-order valence-corrected chi connectivity index (χ4v) is 4.26. The Labute approximate surface area is 200 Å². The van der Waals surface area contributed by atoms with Gasteiger partial charge in [-0.2, -0.15) is 0 Å². The maximum Gasteiger partial charge on any atom is 0.306 e. The Kier molecular flexibility index (Phi) is 18.0. The first-order valence-corrected chi connectivity index (χ1v) is 13.5. The minimum atomic E-state index is -1.61. The number of ether oxygens (including phenoxy) is 2. The van der Waals surface area contributed by atoms with Gasteiger partial charge >= 0.3 is 5.97 Å². The lowest BCUT2D eigenvalue weighted by Crippen LogP contribution is -2.55. The largest absolute Gasteiger partial charge is 0.457 e. The van der Waals surface area contributed by atoms with E-state index in [2.05, 4.69) is 6.92 Å². The SMILES string of the molecule is CCCCCCCCCCCCCCCCCC(=O)O[C@@H](C1CCO1)[C@@H](O)[C@H](O)[C@H](O)CO. The summed E-state index contributed by atoms with van der Waals surface area (Å²) in [5.74, 6) is -0.435. The monoisotopic (exact) mass is 474 g/mol. The third kappa shape index (κ3) is 13.7. The van der Waals surface area contributed by atoms with Crippen molar-refractivity contribution in [1.29, 1.82) is 0 Å². The molecule has 1 saturated heterocycles. The summed E-state index contributed by atoms with van der Waals surface area (Å²) in [6.45, 7) is 2.07. The predicted octanol–water partition coefficient (Wildman–Crippen LogP) is 4.02. The Bertz CT molecular complexity index is 470. The molecule has 1 unspecified atom stereocenters. The van der Waals surface area contributed by atoms with Crippen molar-refractivity contribution in [1.82, 2.24) is 0 Å². The minimum Gasteiger partial charge on any atom is -0.457 e. The molecular formula is C26H50O7. The summed E-state index contributed by atoms with van der Waals surface area (Å²) < 4.78 is 10.7. The number of hydrogen-bond donors (Lipinski definition) is 4. The van der Waals surface area contributed by atoms with Gasteiger partial charge in [-0.05, 0) is 6.42 Å². The normalized spacial score (nSPS) is 19.5. The molecule has 0 aromatic carbocycles. The molecule has 1 aliphatic rings. The zero-order valence-electron chi connectivity index (χ0n) is 20.8. The molecule has 5 atom stereocenters. The Morgan fingerprint density at radius 2 is 1.27 bits per heavy atom. The molecule has 0 spiro atoms. The predicted molar refractivity (Wildman–Crippen MR) is 129 cm³/mol. The van der Waals surface area contributed by atoms with Gasteiger partial charge in [0.2, 0.25) is 0 Å². The summed E-state index contributed by atoms with van der Waals surface area (Å²) in [6.07, 6.45) is 13.5. The summed E-state index contributed by atoms with van der Waals surface area (Å²) in [7, 11) is 0. The van der Waals surface area contributed by atoms with Crippen LogP contribution in [-0.2, 0) is 14.3 Å². The van der Waals surface area contributed by atoms with Crippen LogP contribution in [0.25, 0.3) is 0 Å². The van der Waals surface area contributed by atoms with E-state index in [9.17, 15) is 20.1 Å². The van der Waals surface area contributed by atoms with E-state index in [1.807, 2.05) is 0 Å². The molecule has 0 radical (unpaired) electrons. The number of carbonyl (C=O) groups excluding carboxylic acids is 1. The summed E-state index contributed by atoms with van der Waals surface area (Å²) in [4.78, 5) is 12.2. The van der Waals surface area contributed by atoms with Gasteiger partial charge in [0.15, 0.2) is 6.10 Å². The summed E-state index contributed by atoms with van der Waals surface area (Å²) in [5.41, 5.74) is 0. The van der Waals surface area contributed by atoms with E-state index < -0.39 is 43.1 Å². The number of aliphatic hydroxyl groups excluding tert-OH is 4. The minimum absolute atomic E-state index is 0.257. The fraction of sp³-hybridized carbons (Fsp3) is 0.962. The lowest BCUT2D eigenvalue weighted by atomic mass is 9.95. The highest BCUT2D eigenvalue weighted by Gasteiger charge is 2.41. The van der Waals surface area contributed by atoms with Gasteiger partial charge in [-0.15, -0.1) is 0 Å². The van der Waals surface area contributed by atoms with E-state index in [1.54, 1.807) is 0 Å². The van der Waals surface area contributed by atoms with Gasteiger partial charge in [0.1, 0.15) is 18.3 Å². The lowest BCUT2D eigenvalue weighted by Gasteiger charge is -2.38. The Morgan fingerprint density at radius 3 is 1.67 bits per heavy atom. The van der Waals surface area contributed by atoms with E-state index in [0.29, 0.717) is 13.0 Å². The summed E-state index contributed by atoms with van der Waals surface area (Å²) in [5, 5.41) is 38.8. The molecule has 7 nitrogen and oxygen atoms in total. The molecular weight excluding hydrogens is 424 g/mol. The van der Waals surface area contributed by atoms with Crippen molar-refractivity contribution in [2.24, 2.45) is 0 Å². The second-order valence-corrected chi connectivity index (χ2v) is 9.58. The van der Waals surface area contributed by atoms with E-state index in [4.69, 9.17) is 14.6 Å². The van der Waals surface area contributed by atoms with Crippen molar-refractivity contribution >= 4 is 5.97 Å². The van der Waals surface area contributed by atoms with Gasteiger partial charge in [-0.1, -0.05) is 96.8 Å². The molecule has 0 aromatic heterocycles. The molecule has 1 rings (SSSR count). The molecule has 196 valence electrons. The number of esters is 1. The standard InChI is InChI=1S/C26H50O7/c1-2-3-4-5-6-7-8-9-10-11-12-13-14-15-16-17-23(29)33-26(22-18-19-32-22)25(31)24(30)21(28)20-27/h21-22,24-28,30-31H,2-20H2,1H3/t21-,22?,24-,25+,26+/m1/s1. The van der Waals surface area contributed by atoms with E-state index >= 15 is 0 Å². The van der Waals surface area contributed by atoms with Crippen molar-refractivity contribution in [3.63, 3.8) is 0 Å². The summed E-state index contributed by atoms with van der Waals surface area (Å²) in [6, 6.07) is 0. The first-order chi connectivity index (χ1) is 16.0. The topological polar surface area (TPSA) is 116 Å². The molecule has 7 heteroatoms. The number of aliphatic hydroxyl groups is 4. The summed E-state index contributed by atoms with van der Waals surface area (Å²) >= 11 is 0. The smallest absolute Gasteiger partial charge is 0.306 e. The lowest BCUT2D eigenvalue weighted by molar-refractivity contribution is -0.205. The van der Waals surface area contributed by atoms with E-state index in [1.165, 1.54) is 77.0 Å². The molecule has 1 fully saturated rings. The van der Waals surface area contributed by atoms with Crippen molar-refractivity contribution < 1.29 is 34.7 Å². The van der Waals surface area contributed by atoms with Crippen LogP contribution < -0.4 is 0 Å². The Morgan fingerprint density at radius 1 is 0.818 bits per heavy atom. The van der Waals surface area contributed by atoms with Gasteiger partial charge in [-0.25, -0.2) is 0 Å². The van der Waals surface area contributed by atoms with Crippen molar-refractivity contribution in [2.45, 2.75) is 147 Å². The molecule has 1 heterocycles. The van der Waals surface area contributed by atoms with Gasteiger partial charge in [0.05, 0.1) is 12.7 Å². The van der Waals surface area contributed by atoms with E-state index in [0.717, 1.165) is 19.3 Å². The highest BCUT2D eigenvalue weighted by molar-refractivity contribution is 5.69. The molecule has 33 heavy (non-hydrogen) atoms. The number of unbranched alkanes of at least 4 members (excludes halogenated alkanes) is 14. The molecule has 0 amide bonds. The van der Waals surface area contributed by atoms with Crippen LogP contribution in [0.2, 0.25) is 0 Å². The Hall–Kier alpha value is -0.730. The third-order valence-electron chi connectivity index (χ3n) is 6.62. The van der Waals surface area contributed by atoms with Crippen molar-refractivity contribution in [3.8, 4) is 0 Å². The van der Waals surface area contributed by atoms with Crippen molar-refractivity contribution in [2.75, 3.05) is 13.2 Å². The zero-order valence-corrected chi connectivity index (χ0v) is 20.8. The number of carbonyl (C=O) groups is 1. The molecule has 0 aliphatic carbocycles. The number of hydrogen-bond acceptors (Lipinski definition) is 7. The van der Waals surface area contributed by atoms with Crippen LogP contribution >= 0.6 is 0 Å².